The lowest BCUT2D eigenvalue weighted by atomic mass is 9.94. The number of nitrogens with one attached hydrogen (secondary N) is 1. The molecule has 1 unspecified atom stereocenters. The summed E-state index contributed by atoms with van der Waals surface area (Å²) in [6.07, 6.45) is -2.23. The van der Waals surface area contributed by atoms with Crippen LogP contribution >= 0.6 is 0 Å². The summed E-state index contributed by atoms with van der Waals surface area (Å²) in [5.41, 5.74) is 0.910. The highest BCUT2D eigenvalue weighted by molar-refractivity contribution is 5.86. The van der Waals surface area contributed by atoms with Crippen molar-refractivity contribution in [3.05, 3.63) is 77.4 Å². The molecule has 0 radical (unpaired) electrons. The van der Waals surface area contributed by atoms with Crippen molar-refractivity contribution >= 4 is 16.7 Å². The Balaban J connectivity index is 1.50. The zero-order chi connectivity index (χ0) is 23.6. The second-order valence-corrected chi connectivity index (χ2v) is 8.63. The average molecular weight is 457 g/mol. The Kier molecular flexibility index (Phi) is 6.61. The number of hydrogen-bond acceptors (Lipinski definition) is 3. The number of alkyl halides is 3. The summed E-state index contributed by atoms with van der Waals surface area (Å²) >= 11 is 0. The molecule has 3 atom stereocenters. The zero-order valence-corrected chi connectivity index (χ0v) is 18.2. The van der Waals surface area contributed by atoms with E-state index < -0.39 is 24.3 Å². The first kappa shape index (κ1) is 23.1. The molecule has 7 heteroatoms. The largest absolute Gasteiger partial charge is 0.482 e. The van der Waals surface area contributed by atoms with Crippen LogP contribution < -0.4 is 10.1 Å². The molecule has 0 amide bonds. The minimum Gasteiger partial charge on any atom is -0.482 e. The average Bonchev–Trinajstić information content (AvgIpc) is 3.25. The van der Waals surface area contributed by atoms with E-state index in [-0.39, 0.29) is 23.8 Å². The summed E-state index contributed by atoms with van der Waals surface area (Å²) in [5.74, 6) is -1.36. The lowest BCUT2D eigenvalue weighted by molar-refractivity contribution is -0.139. The first-order valence-electron chi connectivity index (χ1n) is 11.0. The summed E-state index contributed by atoms with van der Waals surface area (Å²) in [6.45, 7) is 1.43. The number of halogens is 3. The molecule has 4 nitrogen and oxygen atoms in total. The highest BCUT2D eigenvalue weighted by atomic mass is 19.4. The lowest BCUT2D eigenvalue weighted by Gasteiger charge is -2.22. The summed E-state index contributed by atoms with van der Waals surface area (Å²) in [5, 5.41) is 14.8. The Morgan fingerprint density at radius 3 is 2.64 bits per heavy atom. The molecule has 0 aliphatic heterocycles. The molecule has 33 heavy (non-hydrogen) atoms. The molecule has 1 aliphatic rings. The highest BCUT2D eigenvalue weighted by Gasteiger charge is 2.34. The van der Waals surface area contributed by atoms with Crippen molar-refractivity contribution in [2.45, 2.75) is 50.4 Å². The van der Waals surface area contributed by atoms with E-state index in [0.29, 0.717) is 12.0 Å². The van der Waals surface area contributed by atoms with Crippen molar-refractivity contribution in [3.63, 3.8) is 0 Å². The number of carboxylic acid groups (broad SMARTS) is 1. The minimum atomic E-state index is -4.53. The third-order valence-electron chi connectivity index (χ3n) is 6.30. The van der Waals surface area contributed by atoms with E-state index in [1.807, 2.05) is 18.2 Å². The zero-order valence-electron chi connectivity index (χ0n) is 18.2. The predicted octanol–water partition coefficient (Wildman–Crippen LogP) is 6.31. The molecule has 174 valence electrons. The van der Waals surface area contributed by atoms with E-state index in [9.17, 15) is 18.0 Å². The van der Waals surface area contributed by atoms with E-state index in [1.165, 1.54) is 16.3 Å². The van der Waals surface area contributed by atoms with Gasteiger partial charge < -0.3 is 15.2 Å². The third kappa shape index (κ3) is 5.47. The van der Waals surface area contributed by atoms with Crippen LogP contribution in [0.5, 0.6) is 5.75 Å². The number of hydrogen-bond donors (Lipinski definition) is 2. The molecule has 0 saturated heterocycles. The van der Waals surface area contributed by atoms with Crippen molar-refractivity contribution in [1.29, 1.82) is 0 Å². The first-order valence-corrected chi connectivity index (χ1v) is 11.0. The number of carboxylic acids is 1. The van der Waals surface area contributed by atoms with Gasteiger partial charge >= 0.3 is 12.1 Å². The Morgan fingerprint density at radius 2 is 1.88 bits per heavy atom. The molecule has 1 fully saturated rings. The van der Waals surface area contributed by atoms with Crippen LogP contribution in [0, 0.1) is 0 Å². The van der Waals surface area contributed by atoms with Crippen LogP contribution in [0.15, 0.2) is 60.7 Å². The molecule has 2 N–H and O–H groups in total. The van der Waals surface area contributed by atoms with Crippen molar-refractivity contribution in [2.24, 2.45) is 0 Å². The standard InChI is InChI=1S/C26H26F3NO3/c1-16(23-8-4-6-17-5-2-3-7-24(17)23)30-21-10-9-18(12-21)19-11-20(26(27,28)29)14-22(13-19)33-15-25(31)32/h2-8,11,13-14,16,18,21,30H,9-10,12,15H2,1H3,(H,31,32)/t16-,18-,21?/m1/s1. The predicted molar refractivity (Wildman–Crippen MR) is 120 cm³/mol. The van der Waals surface area contributed by atoms with Crippen LogP contribution in [0.1, 0.15) is 54.8 Å². The topological polar surface area (TPSA) is 58.6 Å². The number of fused-ring (bicyclic) bond motifs is 1. The van der Waals surface area contributed by atoms with Gasteiger partial charge in [-0.2, -0.15) is 13.2 Å². The molecule has 0 aromatic heterocycles. The summed E-state index contributed by atoms with van der Waals surface area (Å²) < 4.78 is 45.3. The fraction of sp³-hybridized carbons (Fsp3) is 0.346. The van der Waals surface area contributed by atoms with Gasteiger partial charge in [0, 0.05) is 12.1 Å². The van der Waals surface area contributed by atoms with Gasteiger partial charge in [0.05, 0.1) is 5.56 Å². The summed E-state index contributed by atoms with van der Waals surface area (Å²) in [7, 11) is 0. The van der Waals surface area contributed by atoms with Crippen molar-refractivity contribution < 1.29 is 27.8 Å². The van der Waals surface area contributed by atoms with E-state index in [4.69, 9.17) is 9.84 Å². The molecular weight excluding hydrogens is 431 g/mol. The summed E-state index contributed by atoms with van der Waals surface area (Å²) in [6, 6.07) is 18.2. The van der Waals surface area contributed by atoms with Crippen LogP contribution in [0.4, 0.5) is 13.2 Å². The quantitative estimate of drug-likeness (QED) is 0.437. The van der Waals surface area contributed by atoms with Gasteiger partial charge in [-0.1, -0.05) is 42.5 Å². The molecule has 3 aromatic rings. The lowest BCUT2D eigenvalue weighted by Crippen LogP contribution is -2.29. The van der Waals surface area contributed by atoms with Crippen molar-refractivity contribution in [3.8, 4) is 5.75 Å². The maximum atomic E-state index is 13.4. The second-order valence-electron chi connectivity index (χ2n) is 8.63. The van der Waals surface area contributed by atoms with Crippen molar-refractivity contribution in [2.75, 3.05) is 6.61 Å². The van der Waals surface area contributed by atoms with Crippen LogP contribution in [0.25, 0.3) is 10.8 Å². The Morgan fingerprint density at radius 1 is 1.12 bits per heavy atom. The van der Waals surface area contributed by atoms with Crippen LogP contribution in [-0.4, -0.2) is 23.7 Å². The molecule has 3 aromatic carbocycles. The van der Waals surface area contributed by atoms with Gasteiger partial charge in [0.1, 0.15) is 5.75 Å². The second kappa shape index (κ2) is 9.43. The Hall–Kier alpha value is -3.06. The Bertz CT molecular complexity index is 1140. The van der Waals surface area contributed by atoms with Crippen LogP contribution in [0.2, 0.25) is 0 Å². The van der Waals surface area contributed by atoms with Crippen molar-refractivity contribution in [1.82, 2.24) is 5.32 Å². The molecular formula is C26H26F3NO3. The van der Waals surface area contributed by atoms with E-state index >= 15 is 0 Å². The Labute approximate surface area is 190 Å². The number of carbonyl (C=O) groups is 1. The summed E-state index contributed by atoms with van der Waals surface area (Å²) in [4.78, 5) is 10.8. The van der Waals surface area contributed by atoms with Gasteiger partial charge in [-0.15, -0.1) is 0 Å². The maximum absolute atomic E-state index is 13.4. The fourth-order valence-electron chi connectivity index (χ4n) is 4.76. The molecule has 1 aliphatic carbocycles. The maximum Gasteiger partial charge on any atom is 0.416 e. The molecule has 0 heterocycles. The normalized spacial score (nSPS) is 19.5. The third-order valence-corrected chi connectivity index (χ3v) is 6.30. The van der Waals surface area contributed by atoms with Gasteiger partial charge in [-0.3, -0.25) is 0 Å². The van der Waals surface area contributed by atoms with Gasteiger partial charge in [0.25, 0.3) is 0 Å². The van der Waals surface area contributed by atoms with Crippen LogP contribution in [0.3, 0.4) is 0 Å². The van der Waals surface area contributed by atoms with Gasteiger partial charge in [0.2, 0.25) is 0 Å². The number of benzene rings is 3. The minimum absolute atomic E-state index is 0.0586. The smallest absolute Gasteiger partial charge is 0.416 e. The van der Waals surface area contributed by atoms with Gasteiger partial charge in [0.15, 0.2) is 6.61 Å². The molecule has 0 spiro atoms. The number of aliphatic carboxylic acids is 1. The molecule has 4 rings (SSSR count). The van der Waals surface area contributed by atoms with Gasteiger partial charge in [-0.05, 0) is 72.2 Å². The highest BCUT2D eigenvalue weighted by Crippen LogP contribution is 2.40. The number of rotatable bonds is 7. The van der Waals surface area contributed by atoms with Gasteiger partial charge in [-0.25, -0.2) is 4.79 Å². The monoisotopic (exact) mass is 457 g/mol. The fourth-order valence-corrected chi connectivity index (χ4v) is 4.76. The first-order chi connectivity index (χ1) is 15.7. The SMILES string of the molecule is C[C@@H](NC1CC[C@@H](c2cc(OCC(=O)O)cc(C(F)(F)F)c2)C1)c1cccc2ccccc12. The number of ether oxygens (including phenoxy) is 1. The van der Waals surface area contributed by atoms with Crippen LogP contribution in [-0.2, 0) is 11.0 Å². The van der Waals surface area contributed by atoms with E-state index in [2.05, 4.69) is 36.5 Å². The van der Waals surface area contributed by atoms with E-state index in [1.54, 1.807) is 6.07 Å². The molecule has 1 saturated carbocycles. The van der Waals surface area contributed by atoms with E-state index in [0.717, 1.165) is 25.0 Å². The molecule has 0 bridgehead atoms.